The van der Waals surface area contributed by atoms with Crippen LogP contribution in [0.15, 0.2) is 223 Å². The lowest BCUT2D eigenvalue weighted by Crippen LogP contribution is -1.89. The van der Waals surface area contributed by atoms with Crippen molar-refractivity contribution in [1.29, 1.82) is 0 Å². The molecule has 11 rings (SSSR count). The summed E-state index contributed by atoms with van der Waals surface area (Å²) < 4.78 is 7.01. The van der Waals surface area contributed by atoms with Crippen molar-refractivity contribution in [1.82, 2.24) is 0 Å². The van der Waals surface area contributed by atoms with Gasteiger partial charge in [-0.1, -0.05) is 170 Å². The smallest absolute Gasteiger partial charge is 0.143 e. The summed E-state index contributed by atoms with van der Waals surface area (Å²) in [7, 11) is 0. The first kappa shape index (κ1) is 32.9. The Bertz CT molecular complexity index is 3260. The topological polar surface area (TPSA) is 13.1 Å². The molecule has 1 heteroatoms. The fraction of sp³-hybridized carbons (Fsp3) is 0. The van der Waals surface area contributed by atoms with E-state index in [9.17, 15) is 0 Å². The molecule has 0 unspecified atom stereocenters. The molecule has 0 spiro atoms. The van der Waals surface area contributed by atoms with E-state index in [4.69, 9.17) is 4.42 Å². The Hall–Kier alpha value is -7.48. The van der Waals surface area contributed by atoms with Gasteiger partial charge in [-0.3, -0.25) is 0 Å². The number of furan rings is 1. The van der Waals surface area contributed by atoms with E-state index in [1.165, 1.54) is 54.9 Å². The van der Waals surface area contributed by atoms with Crippen LogP contribution in [-0.4, -0.2) is 0 Å². The van der Waals surface area contributed by atoms with Crippen molar-refractivity contribution < 1.29 is 4.42 Å². The average Bonchev–Trinajstić information content (AvgIpc) is 3.66. The minimum absolute atomic E-state index is 0.889. The highest BCUT2D eigenvalue weighted by molar-refractivity contribution is 6.19. The molecule has 0 amide bonds. The summed E-state index contributed by atoms with van der Waals surface area (Å²) in [6, 6.07) is 79.0. The van der Waals surface area contributed by atoms with Gasteiger partial charge in [0, 0.05) is 16.3 Å². The fourth-order valence-electron chi connectivity index (χ4n) is 8.50. The Morgan fingerprint density at radius 1 is 0.246 bits per heavy atom. The lowest BCUT2D eigenvalue weighted by Gasteiger charge is -2.14. The molecule has 0 aliphatic carbocycles. The predicted octanol–water partition coefficient (Wildman–Crippen LogP) is 15.9. The monoisotopic (exact) mass is 724 g/mol. The molecule has 57 heavy (non-hydrogen) atoms. The summed E-state index contributed by atoms with van der Waals surface area (Å²) in [5, 5.41) is 7.11. The molecule has 1 heterocycles. The van der Waals surface area contributed by atoms with Gasteiger partial charge in [0.05, 0.1) is 0 Å². The van der Waals surface area contributed by atoms with E-state index in [0.717, 1.165) is 55.3 Å². The average molecular weight is 725 g/mol. The summed E-state index contributed by atoms with van der Waals surface area (Å²) in [6.45, 7) is 0. The molecule has 1 aromatic heterocycles. The highest BCUT2D eigenvalue weighted by atomic mass is 16.3. The van der Waals surface area contributed by atoms with E-state index >= 15 is 0 Å². The molecule has 11 aromatic rings. The quantitative estimate of drug-likeness (QED) is 0.166. The molecule has 10 aromatic carbocycles. The van der Waals surface area contributed by atoms with Crippen molar-refractivity contribution in [3.05, 3.63) is 218 Å². The molecule has 1 nitrogen and oxygen atoms in total. The first-order valence-corrected chi connectivity index (χ1v) is 19.6. The van der Waals surface area contributed by atoms with Crippen LogP contribution in [0.2, 0.25) is 0 Å². The van der Waals surface area contributed by atoms with E-state index in [2.05, 4.69) is 218 Å². The van der Waals surface area contributed by atoms with Gasteiger partial charge in [-0.15, -0.1) is 0 Å². The van der Waals surface area contributed by atoms with Crippen LogP contribution in [0, 0.1) is 0 Å². The number of hydrogen-bond donors (Lipinski definition) is 0. The van der Waals surface area contributed by atoms with E-state index < -0.39 is 0 Å². The molecular weight excluding hydrogens is 689 g/mol. The maximum Gasteiger partial charge on any atom is 0.143 e. The number of hydrogen-bond acceptors (Lipinski definition) is 1. The normalized spacial score (nSPS) is 11.5. The molecule has 0 aliphatic rings. The number of benzene rings is 10. The van der Waals surface area contributed by atoms with Crippen LogP contribution in [0.25, 0.3) is 110 Å². The maximum absolute atomic E-state index is 7.01. The van der Waals surface area contributed by atoms with Crippen molar-refractivity contribution >= 4 is 43.5 Å². The van der Waals surface area contributed by atoms with Crippen LogP contribution < -0.4 is 0 Å². The summed E-state index contributed by atoms with van der Waals surface area (Å²) in [5.41, 5.74) is 15.8. The lowest BCUT2D eigenvalue weighted by atomic mass is 9.89. The van der Waals surface area contributed by atoms with Crippen LogP contribution in [-0.2, 0) is 0 Å². The second-order valence-corrected chi connectivity index (χ2v) is 14.9. The predicted molar refractivity (Wildman–Crippen MR) is 241 cm³/mol. The number of fused-ring (bicyclic) bond motifs is 5. The van der Waals surface area contributed by atoms with Gasteiger partial charge in [-0.2, -0.15) is 0 Å². The van der Waals surface area contributed by atoms with E-state index in [-0.39, 0.29) is 0 Å². The highest BCUT2D eigenvalue weighted by Crippen LogP contribution is 2.45. The first-order chi connectivity index (χ1) is 28.2. The largest absolute Gasteiger partial charge is 0.455 e. The third kappa shape index (κ3) is 5.98. The molecule has 0 atom stereocenters. The third-order valence-electron chi connectivity index (χ3n) is 11.4. The van der Waals surface area contributed by atoms with Crippen LogP contribution in [0.5, 0.6) is 0 Å². The SMILES string of the molecule is c1ccc(-c2cc(-c3ccc(-c4ccc5ccccc5c4)cc3)cc(-c3ccc(-c4cccc(-c5ccccc5)c4)c4c3oc3cc5ccccc5cc34)c2)cc1. The van der Waals surface area contributed by atoms with E-state index in [1.807, 2.05) is 0 Å². The van der Waals surface area contributed by atoms with Crippen LogP contribution in [0.3, 0.4) is 0 Å². The van der Waals surface area contributed by atoms with Crippen LogP contribution >= 0.6 is 0 Å². The molecule has 0 aliphatic heterocycles. The summed E-state index contributed by atoms with van der Waals surface area (Å²) in [5.74, 6) is 0. The fourth-order valence-corrected chi connectivity index (χ4v) is 8.50. The van der Waals surface area contributed by atoms with Gasteiger partial charge in [-0.25, -0.2) is 0 Å². The molecule has 0 bridgehead atoms. The van der Waals surface area contributed by atoms with Crippen LogP contribution in [0.4, 0.5) is 0 Å². The summed E-state index contributed by atoms with van der Waals surface area (Å²) >= 11 is 0. The van der Waals surface area contributed by atoms with Gasteiger partial charge in [0.25, 0.3) is 0 Å². The Balaban J connectivity index is 1.10. The van der Waals surface area contributed by atoms with Crippen LogP contribution in [0.1, 0.15) is 0 Å². The third-order valence-corrected chi connectivity index (χ3v) is 11.4. The standard InChI is InChI=1S/C56H36O/c1-3-12-37(13-4-1)43-20-11-21-47(31-43)51-28-29-52(56-55(51)53-35-44-18-9-10-19-45(44)36-54(53)57-56)50-33-48(38-14-5-2-6-15-38)32-49(34-50)41-24-22-40(23-25-41)46-27-26-39-16-7-8-17-42(39)30-46/h1-36H. The Labute approximate surface area is 331 Å². The molecule has 0 N–H and O–H groups in total. The zero-order valence-corrected chi connectivity index (χ0v) is 31.2. The van der Waals surface area contributed by atoms with Gasteiger partial charge in [0.1, 0.15) is 11.2 Å². The minimum atomic E-state index is 0.889. The molecule has 0 saturated heterocycles. The van der Waals surface area contributed by atoms with Crippen molar-refractivity contribution in [2.24, 2.45) is 0 Å². The van der Waals surface area contributed by atoms with Crippen molar-refractivity contribution in [2.75, 3.05) is 0 Å². The molecule has 266 valence electrons. The van der Waals surface area contributed by atoms with E-state index in [1.54, 1.807) is 0 Å². The minimum Gasteiger partial charge on any atom is -0.455 e. The Morgan fingerprint density at radius 2 is 0.702 bits per heavy atom. The molecule has 0 radical (unpaired) electrons. The second-order valence-electron chi connectivity index (χ2n) is 14.9. The Kier molecular flexibility index (Phi) is 7.89. The zero-order chi connectivity index (χ0) is 37.7. The molecule has 0 saturated carbocycles. The van der Waals surface area contributed by atoms with Gasteiger partial charge in [0.2, 0.25) is 0 Å². The first-order valence-electron chi connectivity index (χ1n) is 19.6. The van der Waals surface area contributed by atoms with Gasteiger partial charge >= 0.3 is 0 Å². The zero-order valence-electron chi connectivity index (χ0n) is 31.2. The second kappa shape index (κ2) is 13.7. The summed E-state index contributed by atoms with van der Waals surface area (Å²) in [6.07, 6.45) is 0. The highest BCUT2D eigenvalue weighted by Gasteiger charge is 2.20. The maximum atomic E-state index is 7.01. The van der Waals surface area contributed by atoms with Crippen molar-refractivity contribution in [3.63, 3.8) is 0 Å². The van der Waals surface area contributed by atoms with Crippen molar-refractivity contribution in [2.45, 2.75) is 0 Å². The van der Waals surface area contributed by atoms with E-state index in [0.29, 0.717) is 0 Å². The lowest BCUT2D eigenvalue weighted by molar-refractivity contribution is 0.670. The van der Waals surface area contributed by atoms with Crippen molar-refractivity contribution in [3.8, 4) is 66.8 Å². The van der Waals surface area contributed by atoms with Gasteiger partial charge in [-0.05, 0) is 131 Å². The van der Waals surface area contributed by atoms with Gasteiger partial charge in [0.15, 0.2) is 0 Å². The summed E-state index contributed by atoms with van der Waals surface area (Å²) in [4.78, 5) is 0. The molecular formula is C56H36O. The van der Waals surface area contributed by atoms with Gasteiger partial charge < -0.3 is 4.42 Å². The Morgan fingerprint density at radius 3 is 1.40 bits per heavy atom. The number of rotatable bonds is 6. The molecule has 0 fully saturated rings.